The molecule has 0 saturated carbocycles. The van der Waals surface area contributed by atoms with Gasteiger partial charge in [-0.05, 0) is 112 Å². The van der Waals surface area contributed by atoms with Crippen molar-refractivity contribution < 1.29 is 0 Å². The van der Waals surface area contributed by atoms with Gasteiger partial charge in [-0.1, -0.05) is 103 Å². The van der Waals surface area contributed by atoms with Crippen LogP contribution >= 0.6 is 0 Å². The molecule has 0 bridgehead atoms. The number of nitriles is 1. The van der Waals surface area contributed by atoms with Gasteiger partial charge in [0.2, 0.25) is 0 Å². The van der Waals surface area contributed by atoms with Crippen LogP contribution in [0.4, 0.5) is 11.4 Å². The molecule has 1 aromatic heterocycles. The summed E-state index contributed by atoms with van der Waals surface area (Å²) in [6.07, 6.45) is 5.62. The van der Waals surface area contributed by atoms with Gasteiger partial charge in [0.15, 0.2) is 0 Å². The number of para-hydroxylation sites is 3. The second-order valence-electron chi connectivity index (χ2n) is 13.3. The molecule has 0 fully saturated rings. The van der Waals surface area contributed by atoms with E-state index in [9.17, 15) is 5.26 Å². The van der Waals surface area contributed by atoms with Gasteiger partial charge in [-0.15, -0.1) is 0 Å². The lowest BCUT2D eigenvalue weighted by Crippen LogP contribution is -2.15. The zero-order valence-corrected chi connectivity index (χ0v) is 27.3. The number of nitrogens with zero attached hydrogens (tertiary/aromatic N) is 3. The van der Waals surface area contributed by atoms with E-state index in [1.54, 1.807) is 0 Å². The lowest BCUT2D eigenvalue weighted by atomic mass is 9.84. The van der Waals surface area contributed by atoms with E-state index in [1.165, 1.54) is 66.7 Å². The first kappa shape index (κ1) is 28.4. The Morgan fingerprint density at radius 3 is 2.14 bits per heavy atom. The van der Waals surface area contributed by atoms with E-state index in [-0.39, 0.29) is 0 Å². The van der Waals surface area contributed by atoms with Crippen LogP contribution in [0.3, 0.4) is 0 Å². The highest BCUT2D eigenvalue weighted by Gasteiger charge is 2.36. The molecule has 3 nitrogen and oxygen atoms in total. The maximum absolute atomic E-state index is 9.36. The molecule has 0 radical (unpaired) electrons. The van der Waals surface area contributed by atoms with E-state index in [0.717, 1.165) is 22.9 Å². The van der Waals surface area contributed by atoms with Crippen molar-refractivity contribution in [3.8, 4) is 22.9 Å². The number of aromatic nitrogens is 1. The number of rotatable bonds is 4. The Hall–Kier alpha value is -6.63. The minimum Gasteiger partial charge on any atom is -0.313 e. The predicted octanol–water partition coefficient (Wildman–Crippen LogP) is 12.1. The Morgan fingerprint density at radius 2 is 1.26 bits per heavy atom. The fraction of sp³-hybridized carbons (Fsp3) is 0.0426. The molecule has 3 heteroatoms. The van der Waals surface area contributed by atoms with Gasteiger partial charge in [-0.25, -0.2) is 0 Å². The van der Waals surface area contributed by atoms with E-state index < -0.39 is 0 Å². The van der Waals surface area contributed by atoms with Gasteiger partial charge in [0.05, 0.1) is 22.7 Å². The molecule has 1 unspecified atom stereocenters. The van der Waals surface area contributed by atoms with Gasteiger partial charge >= 0.3 is 0 Å². The largest absolute Gasteiger partial charge is 0.313 e. The summed E-state index contributed by atoms with van der Waals surface area (Å²) >= 11 is 0. The average Bonchev–Trinajstić information content (AvgIpc) is 3.70. The summed E-state index contributed by atoms with van der Waals surface area (Å²) in [6, 6.07) is 58.8. The first-order valence-electron chi connectivity index (χ1n) is 17.2. The zero-order valence-electron chi connectivity index (χ0n) is 27.3. The Bertz CT molecular complexity index is 2740. The van der Waals surface area contributed by atoms with Crippen LogP contribution in [0.5, 0.6) is 0 Å². The quantitative estimate of drug-likeness (QED) is 0.192. The van der Waals surface area contributed by atoms with Crippen molar-refractivity contribution in [3.63, 3.8) is 0 Å². The number of benzene rings is 7. The molecule has 1 atom stereocenters. The van der Waals surface area contributed by atoms with Crippen LogP contribution in [-0.2, 0) is 0 Å². The van der Waals surface area contributed by atoms with Crippen molar-refractivity contribution in [1.82, 2.24) is 4.57 Å². The van der Waals surface area contributed by atoms with Crippen molar-refractivity contribution in [2.75, 3.05) is 4.90 Å². The van der Waals surface area contributed by atoms with Gasteiger partial charge in [0.25, 0.3) is 0 Å². The maximum atomic E-state index is 9.36. The molecule has 2 heterocycles. The standard InChI is InChI=1S/C47H31N3/c48-30-31-14-15-35-27-39(23-20-34(35)26-31)50-45-13-7-5-11-41(45)43-29-37(22-25-47(43)50)33-18-16-32(17-19-33)36-21-24-46-42(28-36)40-10-4-6-12-44(40)49(46)38-8-2-1-3-9-38/h1-27,29,42H,28H2. The third kappa shape index (κ3) is 4.43. The van der Waals surface area contributed by atoms with Crippen molar-refractivity contribution >= 4 is 49.5 Å². The minimum atomic E-state index is 0.337. The first-order valence-corrected chi connectivity index (χ1v) is 17.2. The molecule has 1 aliphatic carbocycles. The van der Waals surface area contributed by atoms with Crippen LogP contribution in [-0.4, -0.2) is 4.57 Å². The summed E-state index contributed by atoms with van der Waals surface area (Å²) in [4.78, 5) is 2.43. The second-order valence-corrected chi connectivity index (χ2v) is 13.3. The molecule has 0 amide bonds. The molecule has 2 aliphatic rings. The Labute approximate surface area is 290 Å². The Morgan fingerprint density at radius 1 is 0.540 bits per heavy atom. The molecule has 50 heavy (non-hydrogen) atoms. The third-order valence-electron chi connectivity index (χ3n) is 10.5. The van der Waals surface area contributed by atoms with Crippen LogP contribution in [0.15, 0.2) is 176 Å². The highest BCUT2D eigenvalue weighted by Crippen LogP contribution is 2.52. The van der Waals surface area contributed by atoms with Crippen LogP contribution < -0.4 is 4.90 Å². The van der Waals surface area contributed by atoms with E-state index in [2.05, 4.69) is 167 Å². The van der Waals surface area contributed by atoms with Gasteiger partial charge in [0, 0.05) is 39.4 Å². The van der Waals surface area contributed by atoms with E-state index in [4.69, 9.17) is 0 Å². The molecule has 0 N–H and O–H groups in total. The summed E-state index contributed by atoms with van der Waals surface area (Å²) in [5, 5.41) is 14.0. The number of fused-ring (bicyclic) bond motifs is 7. The number of allylic oxidation sites excluding steroid dienone is 4. The van der Waals surface area contributed by atoms with E-state index >= 15 is 0 Å². The van der Waals surface area contributed by atoms with Gasteiger partial charge in [-0.2, -0.15) is 5.26 Å². The molecule has 8 aromatic rings. The SMILES string of the molecule is N#Cc1ccc2cc(-n3c4ccccc4c4cc(-c5ccc(C6=CC=C7C(C6)c6ccccc6N7c6ccccc6)cc5)ccc43)ccc2c1. The lowest BCUT2D eigenvalue weighted by Gasteiger charge is -2.26. The summed E-state index contributed by atoms with van der Waals surface area (Å²) < 4.78 is 2.35. The molecule has 0 spiro atoms. The summed E-state index contributed by atoms with van der Waals surface area (Å²) in [7, 11) is 0. The molecular formula is C47H31N3. The lowest BCUT2D eigenvalue weighted by molar-refractivity contribution is 0.832. The predicted molar refractivity (Wildman–Crippen MR) is 207 cm³/mol. The number of anilines is 2. The topological polar surface area (TPSA) is 32.0 Å². The summed E-state index contributed by atoms with van der Waals surface area (Å²) in [5.41, 5.74) is 14.4. The monoisotopic (exact) mass is 637 g/mol. The van der Waals surface area contributed by atoms with Crippen molar-refractivity contribution in [1.29, 1.82) is 5.26 Å². The highest BCUT2D eigenvalue weighted by molar-refractivity contribution is 6.10. The van der Waals surface area contributed by atoms with E-state index in [1.807, 2.05) is 18.2 Å². The Kier molecular flexibility index (Phi) is 6.37. The second kappa shape index (κ2) is 11.2. The normalized spacial score (nSPS) is 15.1. The summed E-state index contributed by atoms with van der Waals surface area (Å²) in [6.45, 7) is 0. The van der Waals surface area contributed by atoms with Crippen molar-refractivity contribution in [3.05, 3.63) is 192 Å². The minimum absolute atomic E-state index is 0.337. The molecule has 10 rings (SSSR count). The van der Waals surface area contributed by atoms with Gasteiger partial charge < -0.3 is 9.47 Å². The Balaban J connectivity index is 0.998. The number of hydrogen-bond acceptors (Lipinski definition) is 2. The van der Waals surface area contributed by atoms with Crippen molar-refractivity contribution in [2.45, 2.75) is 12.3 Å². The first-order chi connectivity index (χ1) is 24.7. The van der Waals surface area contributed by atoms with E-state index in [0.29, 0.717) is 11.5 Å². The fourth-order valence-electron chi connectivity index (χ4n) is 8.15. The maximum Gasteiger partial charge on any atom is 0.0991 e. The zero-order chi connectivity index (χ0) is 33.2. The molecule has 1 aliphatic heterocycles. The highest BCUT2D eigenvalue weighted by atomic mass is 15.2. The molecule has 234 valence electrons. The molecular weight excluding hydrogens is 607 g/mol. The van der Waals surface area contributed by atoms with Crippen LogP contribution in [0, 0.1) is 11.3 Å². The van der Waals surface area contributed by atoms with Crippen LogP contribution in [0.2, 0.25) is 0 Å². The average molecular weight is 638 g/mol. The fourth-order valence-corrected chi connectivity index (χ4v) is 8.15. The van der Waals surface area contributed by atoms with Crippen LogP contribution in [0.1, 0.15) is 29.0 Å². The molecule has 0 saturated heterocycles. The van der Waals surface area contributed by atoms with Crippen molar-refractivity contribution in [2.24, 2.45) is 0 Å². The smallest absolute Gasteiger partial charge is 0.0991 e. The van der Waals surface area contributed by atoms with Crippen LogP contribution in [0.25, 0.3) is 55.0 Å². The third-order valence-corrected chi connectivity index (χ3v) is 10.5. The summed E-state index contributed by atoms with van der Waals surface area (Å²) in [5.74, 6) is 0.337. The van der Waals surface area contributed by atoms with Gasteiger partial charge in [-0.3, -0.25) is 0 Å². The van der Waals surface area contributed by atoms with Gasteiger partial charge in [0.1, 0.15) is 0 Å². The molecule has 7 aromatic carbocycles. The number of hydrogen-bond donors (Lipinski definition) is 0.